The number of amides is 3. The molecule has 6 nitrogen and oxygen atoms in total. The highest BCUT2D eigenvalue weighted by atomic mass is 16.2. The van der Waals surface area contributed by atoms with E-state index in [0.717, 1.165) is 18.5 Å². The third-order valence-corrected chi connectivity index (χ3v) is 5.91. The molecule has 2 aliphatic heterocycles. The van der Waals surface area contributed by atoms with E-state index in [0.29, 0.717) is 38.8 Å². The van der Waals surface area contributed by atoms with Gasteiger partial charge in [-0.3, -0.25) is 4.79 Å². The molecule has 6 heteroatoms. The van der Waals surface area contributed by atoms with Gasteiger partial charge in [0.05, 0.1) is 6.54 Å². The standard InChI is InChI=1S/C23H28N4O2/c1-18-11-12-19-7-5-6-10-21(19)27(18)17-22(28)25-13-15-26(16-14-25)23(29)24-20-8-3-2-4-9-20/h2-10,18H,11-17H2,1H3,(H,24,29). The molecule has 1 saturated heterocycles. The van der Waals surface area contributed by atoms with Gasteiger partial charge in [-0.05, 0) is 43.5 Å². The van der Waals surface area contributed by atoms with Crippen molar-refractivity contribution in [2.45, 2.75) is 25.8 Å². The van der Waals surface area contributed by atoms with Crippen LogP contribution in [-0.2, 0) is 11.2 Å². The Labute approximate surface area is 172 Å². The summed E-state index contributed by atoms with van der Waals surface area (Å²) in [5, 5.41) is 2.91. The highest BCUT2D eigenvalue weighted by Crippen LogP contribution is 2.30. The van der Waals surface area contributed by atoms with Crippen LogP contribution in [0.4, 0.5) is 16.2 Å². The number of nitrogens with zero attached hydrogens (tertiary/aromatic N) is 3. The molecule has 29 heavy (non-hydrogen) atoms. The number of fused-ring (bicyclic) bond motifs is 1. The maximum atomic E-state index is 13.0. The van der Waals surface area contributed by atoms with Gasteiger partial charge < -0.3 is 20.0 Å². The fraction of sp³-hybridized carbons (Fsp3) is 0.391. The molecule has 2 aliphatic rings. The third-order valence-electron chi connectivity index (χ3n) is 5.91. The minimum atomic E-state index is -0.109. The zero-order valence-corrected chi connectivity index (χ0v) is 16.9. The van der Waals surface area contributed by atoms with E-state index in [-0.39, 0.29) is 11.9 Å². The van der Waals surface area contributed by atoms with E-state index in [1.54, 1.807) is 4.90 Å². The van der Waals surface area contributed by atoms with Crippen molar-refractivity contribution in [1.29, 1.82) is 0 Å². The lowest BCUT2D eigenvalue weighted by molar-refractivity contribution is -0.131. The van der Waals surface area contributed by atoms with Gasteiger partial charge in [-0.1, -0.05) is 36.4 Å². The Kier molecular flexibility index (Phi) is 5.69. The molecule has 1 unspecified atom stereocenters. The molecule has 0 saturated carbocycles. The zero-order chi connectivity index (χ0) is 20.2. The molecule has 0 radical (unpaired) electrons. The van der Waals surface area contributed by atoms with Gasteiger partial charge in [0.1, 0.15) is 0 Å². The normalized spacial score (nSPS) is 18.9. The number of aryl methyl sites for hydroxylation is 1. The molecular weight excluding hydrogens is 364 g/mol. The van der Waals surface area contributed by atoms with Gasteiger partial charge in [-0.25, -0.2) is 4.79 Å². The van der Waals surface area contributed by atoms with Crippen molar-refractivity contribution < 1.29 is 9.59 Å². The molecular formula is C23H28N4O2. The molecule has 0 bridgehead atoms. The van der Waals surface area contributed by atoms with Crippen LogP contribution in [-0.4, -0.2) is 60.5 Å². The van der Waals surface area contributed by atoms with Gasteiger partial charge in [-0.15, -0.1) is 0 Å². The molecule has 2 aromatic carbocycles. The van der Waals surface area contributed by atoms with Crippen LogP contribution in [0.3, 0.4) is 0 Å². The summed E-state index contributed by atoms with van der Waals surface area (Å²) in [5.41, 5.74) is 3.29. The average Bonchev–Trinajstić information content (AvgIpc) is 2.76. The Balaban J connectivity index is 1.32. The number of carbonyl (C=O) groups is 2. The second-order valence-corrected chi connectivity index (χ2v) is 7.81. The van der Waals surface area contributed by atoms with Crippen LogP contribution >= 0.6 is 0 Å². The van der Waals surface area contributed by atoms with Crippen LogP contribution in [0.5, 0.6) is 0 Å². The number of nitrogens with one attached hydrogen (secondary N) is 1. The Morgan fingerprint density at radius 1 is 0.931 bits per heavy atom. The second-order valence-electron chi connectivity index (χ2n) is 7.81. The summed E-state index contributed by atoms with van der Waals surface area (Å²) in [6.07, 6.45) is 2.13. The number of hydrogen-bond acceptors (Lipinski definition) is 3. The fourth-order valence-electron chi connectivity index (χ4n) is 4.13. The van der Waals surface area contributed by atoms with E-state index in [9.17, 15) is 9.59 Å². The summed E-state index contributed by atoms with van der Waals surface area (Å²) < 4.78 is 0. The van der Waals surface area contributed by atoms with Gasteiger partial charge >= 0.3 is 6.03 Å². The van der Waals surface area contributed by atoms with Crippen molar-refractivity contribution in [1.82, 2.24) is 9.80 Å². The molecule has 0 aromatic heterocycles. The maximum absolute atomic E-state index is 13.0. The lowest BCUT2D eigenvalue weighted by Crippen LogP contribution is -2.54. The van der Waals surface area contributed by atoms with Gasteiger partial charge in [0, 0.05) is 43.6 Å². The molecule has 3 amide bonds. The summed E-state index contributed by atoms with van der Waals surface area (Å²) in [6, 6.07) is 18.1. The average molecular weight is 393 g/mol. The number of urea groups is 1. The summed E-state index contributed by atoms with van der Waals surface area (Å²) in [6.45, 7) is 4.84. The third kappa shape index (κ3) is 4.36. The van der Waals surface area contributed by atoms with Gasteiger partial charge in [0.15, 0.2) is 0 Å². The van der Waals surface area contributed by atoms with E-state index < -0.39 is 0 Å². The highest BCUT2D eigenvalue weighted by molar-refractivity contribution is 5.89. The van der Waals surface area contributed by atoms with E-state index in [2.05, 4.69) is 35.3 Å². The lowest BCUT2D eigenvalue weighted by Gasteiger charge is -2.39. The maximum Gasteiger partial charge on any atom is 0.321 e. The quantitative estimate of drug-likeness (QED) is 0.873. The van der Waals surface area contributed by atoms with Gasteiger partial charge in [-0.2, -0.15) is 0 Å². The predicted octanol–water partition coefficient (Wildman–Crippen LogP) is 3.20. The highest BCUT2D eigenvalue weighted by Gasteiger charge is 2.29. The topological polar surface area (TPSA) is 55.9 Å². The molecule has 1 N–H and O–H groups in total. The number of rotatable bonds is 3. The molecule has 1 fully saturated rings. The Bertz CT molecular complexity index is 862. The zero-order valence-electron chi connectivity index (χ0n) is 16.9. The van der Waals surface area contributed by atoms with Crippen molar-refractivity contribution in [3.05, 3.63) is 60.2 Å². The minimum Gasteiger partial charge on any atom is -0.359 e. The molecule has 1 atom stereocenters. The van der Waals surface area contributed by atoms with Gasteiger partial charge in [0.25, 0.3) is 0 Å². The van der Waals surface area contributed by atoms with Crippen LogP contribution < -0.4 is 10.2 Å². The molecule has 0 spiro atoms. The first kappa shape index (κ1) is 19.3. The van der Waals surface area contributed by atoms with E-state index >= 15 is 0 Å². The molecule has 0 aliphatic carbocycles. The Morgan fingerprint density at radius 2 is 1.59 bits per heavy atom. The number of hydrogen-bond donors (Lipinski definition) is 1. The van der Waals surface area contributed by atoms with Crippen LogP contribution in [0.1, 0.15) is 18.9 Å². The summed E-state index contributed by atoms with van der Waals surface area (Å²) >= 11 is 0. The number of benzene rings is 2. The molecule has 2 heterocycles. The van der Waals surface area contributed by atoms with E-state index in [4.69, 9.17) is 0 Å². The number of anilines is 2. The first-order valence-electron chi connectivity index (χ1n) is 10.3. The van der Waals surface area contributed by atoms with Crippen LogP contribution in [0.2, 0.25) is 0 Å². The van der Waals surface area contributed by atoms with Crippen LogP contribution in [0.15, 0.2) is 54.6 Å². The smallest absolute Gasteiger partial charge is 0.321 e. The fourth-order valence-corrected chi connectivity index (χ4v) is 4.13. The Morgan fingerprint density at radius 3 is 2.34 bits per heavy atom. The number of carbonyl (C=O) groups excluding carboxylic acids is 2. The van der Waals surface area contributed by atoms with Gasteiger partial charge in [0.2, 0.25) is 5.91 Å². The van der Waals surface area contributed by atoms with Crippen LogP contribution in [0, 0.1) is 0 Å². The van der Waals surface area contributed by atoms with Crippen LogP contribution in [0.25, 0.3) is 0 Å². The van der Waals surface area contributed by atoms with Crippen molar-refractivity contribution >= 4 is 23.3 Å². The predicted molar refractivity (Wildman–Crippen MR) is 115 cm³/mol. The van der Waals surface area contributed by atoms with E-state index in [1.165, 1.54) is 11.3 Å². The summed E-state index contributed by atoms with van der Waals surface area (Å²) in [4.78, 5) is 31.3. The van der Waals surface area contributed by atoms with Crippen molar-refractivity contribution in [2.75, 3.05) is 42.9 Å². The van der Waals surface area contributed by atoms with Crippen molar-refractivity contribution in [3.8, 4) is 0 Å². The van der Waals surface area contributed by atoms with Crippen molar-refractivity contribution in [3.63, 3.8) is 0 Å². The first-order valence-corrected chi connectivity index (χ1v) is 10.3. The first-order chi connectivity index (χ1) is 14.1. The lowest BCUT2D eigenvalue weighted by atomic mass is 9.96. The minimum absolute atomic E-state index is 0.109. The van der Waals surface area contributed by atoms with Crippen molar-refractivity contribution in [2.24, 2.45) is 0 Å². The molecule has 4 rings (SSSR count). The summed E-state index contributed by atoms with van der Waals surface area (Å²) in [7, 11) is 0. The largest absolute Gasteiger partial charge is 0.359 e. The monoisotopic (exact) mass is 392 g/mol. The van der Waals surface area contributed by atoms with E-state index in [1.807, 2.05) is 41.3 Å². The SMILES string of the molecule is CC1CCc2ccccc2N1CC(=O)N1CCN(C(=O)Nc2ccccc2)CC1. The molecule has 2 aromatic rings. The second kappa shape index (κ2) is 8.55. The number of piperazine rings is 1. The molecule has 152 valence electrons. The summed E-state index contributed by atoms with van der Waals surface area (Å²) in [5.74, 6) is 0.136. The Hall–Kier alpha value is -3.02. The number of para-hydroxylation sites is 2.